The maximum Gasteiger partial charge on any atom is 0.174 e. The molecule has 5 heteroatoms. The number of aromatic nitrogens is 1. The topological polar surface area (TPSA) is 52.5 Å². The smallest absolute Gasteiger partial charge is 0.174 e. The molecule has 0 atom stereocenters. The molecule has 3 rings (SSSR count). The van der Waals surface area contributed by atoms with Gasteiger partial charge in [0.15, 0.2) is 11.2 Å². The Balaban J connectivity index is 2.62. The molecule has 1 N–H and O–H groups in total. The third-order valence-electron chi connectivity index (χ3n) is 6.87. The lowest BCUT2D eigenvalue weighted by Gasteiger charge is -2.26. The van der Waals surface area contributed by atoms with Crippen LogP contribution in [0.5, 0.6) is 0 Å². The molecule has 1 heterocycles. The highest BCUT2D eigenvalue weighted by Crippen LogP contribution is 2.41. The third-order valence-corrected chi connectivity index (χ3v) is 6.87. The summed E-state index contributed by atoms with van der Waals surface area (Å²) in [6, 6.07) is 9.15. The van der Waals surface area contributed by atoms with E-state index < -0.39 is 0 Å². The van der Waals surface area contributed by atoms with Gasteiger partial charge in [0.25, 0.3) is 0 Å². The van der Waals surface area contributed by atoms with Crippen LogP contribution in [0.2, 0.25) is 0 Å². The van der Waals surface area contributed by atoms with E-state index in [4.69, 9.17) is 13.9 Å². The summed E-state index contributed by atoms with van der Waals surface area (Å²) in [4.78, 5) is 6.04. The zero-order chi connectivity index (χ0) is 28.0. The second kappa shape index (κ2) is 10.1. The van der Waals surface area contributed by atoms with Crippen LogP contribution in [-0.4, -0.2) is 24.8 Å². The van der Waals surface area contributed by atoms with Gasteiger partial charge in [0.05, 0.1) is 0 Å². The van der Waals surface area contributed by atoms with Gasteiger partial charge in [-0.1, -0.05) is 102 Å². The van der Waals surface area contributed by atoms with Crippen molar-refractivity contribution in [2.75, 3.05) is 19.7 Å². The first-order chi connectivity index (χ1) is 16.8. The van der Waals surface area contributed by atoms with Crippen LogP contribution >= 0.6 is 0 Å². The number of nitrogens with one attached hydrogen (secondary N) is 1. The number of rotatable bonds is 5. The summed E-state index contributed by atoms with van der Waals surface area (Å²) in [6.07, 6.45) is 0. The molecule has 1 aromatic heterocycles. The van der Waals surface area contributed by atoms with E-state index in [0.717, 1.165) is 39.6 Å². The Morgan fingerprint density at radius 2 is 1.05 bits per heavy atom. The predicted octanol–water partition coefficient (Wildman–Crippen LogP) is 8.33. The Kier molecular flexibility index (Phi) is 7.92. The highest BCUT2D eigenvalue weighted by atomic mass is 17.0. The number of fused-ring (bicyclic) bond motifs is 3. The summed E-state index contributed by atoms with van der Waals surface area (Å²) in [6.45, 7) is 31.0. The number of hydrogen-bond acceptors (Lipinski definition) is 4. The molecule has 0 amide bonds. The van der Waals surface area contributed by atoms with E-state index in [9.17, 15) is 0 Å². The fourth-order valence-electron chi connectivity index (χ4n) is 4.42. The molecule has 37 heavy (non-hydrogen) atoms. The Morgan fingerprint density at radius 3 is 1.38 bits per heavy atom. The van der Waals surface area contributed by atoms with E-state index in [0.29, 0.717) is 13.2 Å². The molecule has 0 radical (unpaired) electrons. The van der Waals surface area contributed by atoms with Crippen LogP contribution in [-0.2, 0) is 21.7 Å². The van der Waals surface area contributed by atoms with Crippen molar-refractivity contribution < 1.29 is 13.9 Å². The molecule has 2 aromatic carbocycles. The van der Waals surface area contributed by atoms with Crippen molar-refractivity contribution in [2.45, 2.75) is 112 Å². The van der Waals surface area contributed by atoms with Crippen molar-refractivity contribution in [2.24, 2.45) is 0 Å². The van der Waals surface area contributed by atoms with Crippen molar-refractivity contribution in [1.82, 2.24) is 10.4 Å². The van der Waals surface area contributed by atoms with Gasteiger partial charge in [0, 0.05) is 28.4 Å². The van der Waals surface area contributed by atoms with Gasteiger partial charge in [-0.15, -0.1) is 0 Å². The fourth-order valence-corrected chi connectivity index (χ4v) is 4.42. The zero-order valence-electron chi connectivity index (χ0n) is 25.6. The minimum atomic E-state index is -0.153. The summed E-state index contributed by atoms with van der Waals surface area (Å²) in [7, 11) is 0. The van der Waals surface area contributed by atoms with Crippen LogP contribution in [0.1, 0.15) is 112 Å². The minimum Gasteiger partial charge on any atom is -0.356 e. The lowest BCUT2D eigenvalue weighted by atomic mass is 9.77. The minimum absolute atomic E-state index is 0.0289. The average Bonchev–Trinajstić information content (AvgIpc) is 2.89. The molecule has 206 valence electrons. The van der Waals surface area contributed by atoms with Crippen molar-refractivity contribution in [1.29, 1.82) is 0 Å². The molecule has 0 saturated carbocycles. The molecule has 5 nitrogen and oxygen atoms in total. The van der Waals surface area contributed by atoms with E-state index in [2.05, 4.69) is 120 Å². The van der Waals surface area contributed by atoms with Crippen LogP contribution in [0, 0.1) is 0 Å². The molecule has 0 aliphatic rings. The highest BCUT2D eigenvalue weighted by Gasteiger charge is 2.28. The lowest BCUT2D eigenvalue weighted by molar-refractivity contribution is -0.141. The normalized spacial score (nSPS) is 13.4. The number of likely N-dealkylation sites (N-methyl/N-ethyl adjacent to an activating group) is 1. The second-order valence-electron chi connectivity index (χ2n) is 14.4. The van der Waals surface area contributed by atoms with E-state index in [1.54, 1.807) is 0 Å². The quantitative estimate of drug-likeness (QED) is 0.351. The van der Waals surface area contributed by atoms with Gasteiger partial charge in [-0.3, -0.25) is 0 Å². The SMILES string of the molecule is CCNCCOn1oc2c(C(C)(C)C)cc(C(C)(C)C)cc2c2cc(C(C)(C)C)cc(C(C)(C)C)c2o1. The maximum atomic E-state index is 6.50. The standard InChI is InChI=1S/C32H50N2O3/c1-14-33-15-16-35-34-36-27-23(17-21(29(2,3)4)19-25(27)31(8,9)10)24-18-22(30(5,6)7)20-26(28(24)37-34)32(11,12)13/h17-20,33H,14-16H2,1-13H3. The van der Waals surface area contributed by atoms with Gasteiger partial charge >= 0.3 is 0 Å². The summed E-state index contributed by atoms with van der Waals surface area (Å²) < 4.78 is 13.0. The molecule has 0 fully saturated rings. The van der Waals surface area contributed by atoms with Crippen LogP contribution in [0.25, 0.3) is 21.9 Å². The van der Waals surface area contributed by atoms with Crippen molar-refractivity contribution >= 4 is 21.9 Å². The summed E-state index contributed by atoms with van der Waals surface area (Å²) in [5.74, 6) is 0. The molecule has 0 aliphatic carbocycles. The van der Waals surface area contributed by atoms with Gasteiger partial charge < -0.3 is 19.2 Å². The highest BCUT2D eigenvalue weighted by molar-refractivity contribution is 6.04. The molecule has 3 aromatic rings. The average molecular weight is 511 g/mol. The summed E-state index contributed by atoms with van der Waals surface area (Å²) >= 11 is 0. The van der Waals surface area contributed by atoms with Crippen LogP contribution < -0.4 is 10.2 Å². The maximum absolute atomic E-state index is 6.50. The summed E-state index contributed by atoms with van der Waals surface area (Å²) in [5.41, 5.74) is 6.01. The lowest BCUT2D eigenvalue weighted by Crippen LogP contribution is -2.24. The van der Waals surface area contributed by atoms with E-state index in [1.807, 2.05) is 0 Å². The monoisotopic (exact) mass is 510 g/mol. The molecule has 0 unspecified atom stereocenters. The number of nitrogens with zero attached hydrogens (tertiary/aromatic N) is 1. The Bertz CT molecular complexity index is 1200. The zero-order valence-corrected chi connectivity index (χ0v) is 25.6. The predicted molar refractivity (Wildman–Crippen MR) is 156 cm³/mol. The van der Waals surface area contributed by atoms with Crippen LogP contribution in [0.3, 0.4) is 0 Å². The second-order valence-corrected chi connectivity index (χ2v) is 14.4. The number of hydrogen-bond donors (Lipinski definition) is 1. The molecule has 0 aliphatic heterocycles. The Morgan fingerprint density at radius 1 is 0.649 bits per heavy atom. The third kappa shape index (κ3) is 6.54. The first-order valence-electron chi connectivity index (χ1n) is 13.7. The number of benzene rings is 2. The van der Waals surface area contributed by atoms with E-state index in [-0.39, 0.29) is 21.7 Å². The molecular formula is C32H50N2O3. The summed E-state index contributed by atoms with van der Waals surface area (Å²) in [5, 5.41) is 6.61. The van der Waals surface area contributed by atoms with Crippen LogP contribution in [0.4, 0.5) is 0 Å². The van der Waals surface area contributed by atoms with Gasteiger partial charge in [-0.25, -0.2) is 0 Å². The molecule has 0 saturated heterocycles. The Labute approximate surface area is 224 Å². The van der Waals surface area contributed by atoms with Gasteiger partial charge in [0.1, 0.15) is 11.7 Å². The largest absolute Gasteiger partial charge is 0.356 e. The molecule has 0 bridgehead atoms. The van der Waals surface area contributed by atoms with Crippen molar-refractivity contribution in [3.05, 3.63) is 46.5 Å². The van der Waals surface area contributed by atoms with Gasteiger partial charge in [-0.2, -0.15) is 0 Å². The Hall–Kier alpha value is -2.40. The van der Waals surface area contributed by atoms with Crippen molar-refractivity contribution in [3.8, 4) is 0 Å². The first kappa shape index (κ1) is 29.2. The van der Waals surface area contributed by atoms with Crippen LogP contribution in [0.15, 0.2) is 33.3 Å². The van der Waals surface area contributed by atoms with E-state index in [1.165, 1.54) is 16.2 Å². The van der Waals surface area contributed by atoms with Gasteiger partial charge in [-0.05, 0) is 51.5 Å². The van der Waals surface area contributed by atoms with Crippen molar-refractivity contribution in [3.63, 3.8) is 0 Å². The van der Waals surface area contributed by atoms with E-state index >= 15 is 0 Å². The first-order valence-corrected chi connectivity index (χ1v) is 13.7. The van der Waals surface area contributed by atoms with Gasteiger partial charge in [0.2, 0.25) is 0 Å². The molecular weight excluding hydrogens is 460 g/mol. The molecule has 0 spiro atoms. The fraction of sp³-hybridized carbons (Fsp3) is 0.625.